The lowest BCUT2D eigenvalue weighted by atomic mass is 10.1. The lowest BCUT2D eigenvalue weighted by molar-refractivity contribution is -0.123. The molecule has 2 heteroatoms. The summed E-state index contributed by atoms with van der Waals surface area (Å²) in [5.41, 5.74) is 2.62. The smallest absolute Gasteiger partial charge is 0.223 e. The summed E-state index contributed by atoms with van der Waals surface area (Å²) in [6.07, 6.45) is 2.98. The minimum Gasteiger partial charge on any atom is -0.353 e. The van der Waals surface area contributed by atoms with Crippen molar-refractivity contribution < 1.29 is 4.79 Å². The Bertz CT molecular complexity index is 608. The summed E-state index contributed by atoms with van der Waals surface area (Å²) < 4.78 is 0. The van der Waals surface area contributed by atoms with E-state index in [0.29, 0.717) is 5.92 Å². The second-order valence-corrected chi connectivity index (χ2v) is 6.29. The molecule has 1 aliphatic rings. The molecule has 1 N–H and O–H groups in total. The highest BCUT2D eigenvalue weighted by Crippen LogP contribution is 2.47. The molecule has 0 unspecified atom stereocenters. The van der Waals surface area contributed by atoms with Crippen LogP contribution in [0.15, 0.2) is 60.7 Å². The Hall–Kier alpha value is -2.09. The van der Waals surface area contributed by atoms with Crippen molar-refractivity contribution in [3.63, 3.8) is 0 Å². The molecule has 0 aromatic heterocycles. The summed E-state index contributed by atoms with van der Waals surface area (Å²) in [6.45, 7) is 2.10. The van der Waals surface area contributed by atoms with Gasteiger partial charge in [0.15, 0.2) is 0 Å². The van der Waals surface area contributed by atoms with E-state index in [1.807, 2.05) is 24.3 Å². The summed E-state index contributed by atoms with van der Waals surface area (Å²) in [5.74, 6) is 0.804. The Morgan fingerprint density at radius 1 is 1.09 bits per heavy atom. The summed E-state index contributed by atoms with van der Waals surface area (Å²) in [6, 6.07) is 21.0. The maximum absolute atomic E-state index is 12.3. The van der Waals surface area contributed by atoms with Gasteiger partial charge < -0.3 is 5.32 Å². The van der Waals surface area contributed by atoms with Crippen LogP contribution >= 0.6 is 0 Å². The van der Waals surface area contributed by atoms with Gasteiger partial charge in [-0.1, -0.05) is 60.7 Å². The van der Waals surface area contributed by atoms with Crippen LogP contribution in [0, 0.1) is 5.92 Å². The molecule has 1 saturated carbocycles. The fourth-order valence-electron chi connectivity index (χ4n) is 3.00. The molecule has 2 aromatic rings. The summed E-state index contributed by atoms with van der Waals surface area (Å²) >= 11 is 0. The molecule has 2 nitrogen and oxygen atoms in total. The molecule has 0 aliphatic heterocycles. The van der Waals surface area contributed by atoms with Gasteiger partial charge in [-0.3, -0.25) is 4.79 Å². The van der Waals surface area contributed by atoms with Crippen LogP contribution in [0.1, 0.15) is 36.8 Å². The lowest BCUT2D eigenvalue weighted by Crippen LogP contribution is -2.34. The Morgan fingerprint density at radius 3 is 2.41 bits per heavy atom. The van der Waals surface area contributed by atoms with Gasteiger partial charge in [-0.05, 0) is 43.2 Å². The molecule has 2 aromatic carbocycles. The number of hydrogen-bond donors (Lipinski definition) is 1. The van der Waals surface area contributed by atoms with E-state index in [9.17, 15) is 4.79 Å². The van der Waals surface area contributed by atoms with Crippen molar-refractivity contribution in [2.24, 2.45) is 5.92 Å². The number of benzene rings is 2. The molecule has 1 amide bonds. The third-order valence-electron chi connectivity index (χ3n) is 4.45. The Kier molecular flexibility index (Phi) is 4.57. The third-order valence-corrected chi connectivity index (χ3v) is 4.45. The maximum atomic E-state index is 12.3. The second-order valence-electron chi connectivity index (χ2n) is 6.29. The number of amides is 1. The van der Waals surface area contributed by atoms with Crippen molar-refractivity contribution in [2.75, 3.05) is 0 Å². The average molecular weight is 293 g/mol. The molecule has 114 valence electrons. The largest absolute Gasteiger partial charge is 0.353 e. The molecule has 0 saturated heterocycles. The molecule has 1 aliphatic carbocycles. The number of rotatable bonds is 6. The Labute approximate surface area is 132 Å². The van der Waals surface area contributed by atoms with Crippen molar-refractivity contribution in [3.8, 4) is 0 Å². The second kappa shape index (κ2) is 6.78. The van der Waals surface area contributed by atoms with Gasteiger partial charge in [0.2, 0.25) is 5.91 Å². The molecular weight excluding hydrogens is 270 g/mol. The molecule has 0 radical (unpaired) electrons. The highest BCUT2D eigenvalue weighted by atomic mass is 16.2. The maximum Gasteiger partial charge on any atom is 0.223 e. The summed E-state index contributed by atoms with van der Waals surface area (Å²) in [7, 11) is 0. The van der Waals surface area contributed by atoms with Gasteiger partial charge in [-0.25, -0.2) is 0 Å². The van der Waals surface area contributed by atoms with E-state index in [1.165, 1.54) is 11.1 Å². The highest BCUT2D eigenvalue weighted by Gasteiger charge is 2.43. The SMILES string of the molecule is C[C@H](CCc1ccccc1)NC(=O)[C@H]1C[C@H]1c1ccccc1. The Balaban J connectivity index is 1.44. The molecule has 0 bridgehead atoms. The fourth-order valence-corrected chi connectivity index (χ4v) is 3.00. The van der Waals surface area contributed by atoms with Crippen LogP contribution in [0.5, 0.6) is 0 Å². The van der Waals surface area contributed by atoms with Crippen molar-refractivity contribution in [1.29, 1.82) is 0 Å². The van der Waals surface area contributed by atoms with Crippen molar-refractivity contribution in [1.82, 2.24) is 5.32 Å². The standard InChI is InChI=1S/C20H23NO/c1-15(12-13-16-8-4-2-5-9-16)21-20(22)19-14-18(19)17-10-6-3-7-11-17/h2-11,15,18-19H,12-14H2,1H3,(H,21,22)/t15-,18+,19+/m1/s1. The molecule has 3 rings (SSSR count). The monoisotopic (exact) mass is 293 g/mol. The molecule has 3 atom stereocenters. The van der Waals surface area contributed by atoms with Crippen LogP contribution in [-0.4, -0.2) is 11.9 Å². The fraction of sp³-hybridized carbons (Fsp3) is 0.350. The van der Waals surface area contributed by atoms with E-state index in [2.05, 4.69) is 48.6 Å². The predicted molar refractivity (Wildman–Crippen MR) is 89.7 cm³/mol. The number of carbonyl (C=O) groups is 1. The van der Waals surface area contributed by atoms with Gasteiger partial charge in [0.1, 0.15) is 0 Å². The zero-order valence-corrected chi connectivity index (χ0v) is 13.0. The zero-order chi connectivity index (χ0) is 15.4. The first kappa shape index (κ1) is 14.8. The predicted octanol–water partition coefficient (Wildman–Crippen LogP) is 3.93. The van der Waals surface area contributed by atoms with E-state index >= 15 is 0 Å². The van der Waals surface area contributed by atoms with Gasteiger partial charge in [0.25, 0.3) is 0 Å². The van der Waals surface area contributed by atoms with E-state index in [1.54, 1.807) is 0 Å². The first-order chi connectivity index (χ1) is 10.7. The first-order valence-corrected chi connectivity index (χ1v) is 8.13. The number of hydrogen-bond acceptors (Lipinski definition) is 1. The van der Waals surface area contributed by atoms with Crippen molar-refractivity contribution >= 4 is 5.91 Å². The average Bonchev–Trinajstić information content (AvgIpc) is 3.35. The van der Waals surface area contributed by atoms with E-state index in [4.69, 9.17) is 0 Å². The minimum atomic E-state index is 0.168. The zero-order valence-electron chi connectivity index (χ0n) is 13.0. The lowest BCUT2D eigenvalue weighted by Gasteiger charge is -2.14. The number of aryl methyl sites for hydroxylation is 1. The molecule has 22 heavy (non-hydrogen) atoms. The van der Waals surface area contributed by atoms with Crippen molar-refractivity contribution in [2.45, 2.75) is 38.1 Å². The Morgan fingerprint density at radius 2 is 1.73 bits per heavy atom. The molecular formula is C20H23NO. The van der Waals surface area contributed by atoms with Gasteiger partial charge in [0, 0.05) is 12.0 Å². The number of nitrogens with one attached hydrogen (secondary N) is 1. The topological polar surface area (TPSA) is 29.1 Å². The molecule has 0 heterocycles. The molecule has 1 fully saturated rings. The minimum absolute atomic E-state index is 0.168. The van der Waals surface area contributed by atoms with Crippen LogP contribution in [0.25, 0.3) is 0 Å². The van der Waals surface area contributed by atoms with Crippen LogP contribution in [0.4, 0.5) is 0 Å². The van der Waals surface area contributed by atoms with Crippen LogP contribution < -0.4 is 5.32 Å². The van der Waals surface area contributed by atoms with Crippen LogP contribution in [-0.2, 0) is 11.2 Å². The first-order valence-electron chi connectivity index (χ1n) is 8.13. The van der Waals surface area contributed by atoms with Gasteiger partial charge in [-0.2, -0.15) is 0 Å². The molecule has 0 spiro atoms. The normalized spacial score (nSPS) is 21.1. The van der Waals surface area contributed by atoms with Crippen LogP contribution in [0.2, 0.25) is 0 Å². The summed E-state index contributed by atoms with van der Waals surface area (Å²) in [5, 5.41) is 3.17. The van der Waals surface area contributed by atoms with Gasteiger partial charge in [-0.15, -0.1) is 0 Å². The van der Waals surface area contributed by atoms with E-state index < -0.39 is 0 Å². The highest BCUT2D eigenvalue weighted by molar-refractivity contribution is 5.83. The van der Waals surface area contributed by atoms with Gasteiger partial charge in [0.05, 0.1) is 0 Å². The van der Waals surface area contributed by atoms with Gasteiger partial charge >= 0.3 is 0 Å². The van der Waals surface area contributed by atoms with Crippen molar-refractivity contribution in [3.05, 3.63) is 71.8 Å². The quantitative estimate of drug-likeness (QED) is 0.859. The van der Waals surface area contributed by atoms with Crippen LogP contribution in [0.3, 0.4) is 0 Å². The third kappa shape index (κ3) is 3.76. The number of carbonyl (C=O) groups excluding carboxylic acids is 1. The van der Waals surface area contributed by atoms with E-state index in [-0.39, 0.29) is 17.9 Å². The summed E-state index contributed by atoms with van der Waals surface area (Å²) in [4.78, 5) is 12.3. The van der Waals surface area contributed by atoms with E-state index in [0.717, 1.165) is 19.3 Å².